The van der Waals surface area contributed by atoms with Gasteiger partial charge in [-0.1, -0.05) is 24.0 Å². The van der Waals surface area contributed by atoms with Gasteiger partial charge in [-0.15, -0.1) is 11.3 Å². The van der Waals surface area contributed by atoms with E-state index < -0.39 is 7.14 Å². The van der Waals surface area contributed by atoms with Crippen LogP contribution in [0.4, 0.5) is 11.4 Å². The van der Waals surface area contributed by atoms with E-state index in [0.29, 0.717) is 17.0 Å². The molecule has 0 atom stereocenters. The summed E-state index contributed by atoms with van der Waals surface area (Å²) in [6.07, 6.45) is 0. The van der Waals surface area contributed by atoms with Gasteiger partial charge in [0.05, 0.1) is 33.6 Å². The number of benzene rings is 2. The number of thiophene rings is 1. The van der Waals surface area contributed by atoms with Crippen LogP contribution in [0.15, 0.2) is 40.9 Å². The van der Waals surface area contributed by atoms with Crippen LogP contribution in [0.3, 0.4) is 0 Å². The number of rotatable bonds is 5. The number of nitro benzene ring substituents is 1. The fourth-order valence-electron chi connectivity index (χ4n) is 2.72. The Morgan fingerprint density at radius 3 is 2.72 bits per heavy atom. The molecule has 0 bridgehead atoms. The lowest BCUT2D eigenvalue weighted by Crippen LogP contribution is -2.07. The first kappa shape index (κ1) is 21.4. The second kappa shape index (κ2) is 8.58. The summed E-state index contributed by atoms with van der Waals surface area (Å²) < 4.78 is 19.0. The SMILES string of the molecule is COc1cc(P(C)(C)=O)ccc1NCC#Cc1sc2c([N+](=O)[O-])cccc2c1Br. The smallest absolute Gasteiger partial charge is 0.287 e. The normalized spacial score (nSPS) is 11.0. The Bertz CT molecular complexity index is 1210. The number of hydrogen-bond acceptors (Lipinski definition) is 6. The van der Waals surface area contributed by atoms with Crippen molar-refractivity contribution in [2.75, 3.05) is 32.3 Å². The van der Waals surface area contributed by atoms with Crippen molar-refractivity contribution in [2.45, 2.75) is 0 Å². The molecule has 29 heavy (non-hydrogen) atoms. The Morgan fingerprint density at radius 1 is 1.31 bits per heavy atom. The summed E-state index contributed by atoms with van der Waals surface area (Å²) in [5.41, 5.74) is 0.832. The maximum atomic E-state index is 12.2. The number of anilines is 1. The maximum Gasteiger partial charge on any atom is 0.287 e. The lowest BCUT2D eigenvalue weighted by atomic mass is 10.2. The van der Waals surface area contributed by atoms with Gasteiger partial charge in [0.2, 0.25) is 0 Å². The van der Waals surface area contributed by atoms with Crippen molar-refractivity contribution in [3.05, 3.63) is 55.9 Å². The van der Waals surface area contributed by atoms with Crippen LogP contribution in [-0.4, -0.2) is 31.9 Å². The molecule has 3 rings (SSSR count). The van der Waals surface area contributed by atoms with Gasteiger partial charge in [0.1, 0.15) is 17.6 Å². The molecule has 0 radical (unpaired) electrons. The molecular formula is C20H18BrN2O4PS. The molecule has 1 aromatic heterocycles. The van der Waals surface area contributed by atoms with Crippen LogP contribution in [-0.2, 0) is 4.57 Å². The number of nitrogens with one attached hydrogen (secondary N) is 1. The van der Waals surface area contributed by atoms with Gasteiger partial charge in [-0.05, 0) is 47.5 Å². The first-order chi connectivity index (χ1) is 13.7. The monoisotopic (exact) mass is 492 g/mol. The van der Waals surface area contributed by atoms with Gasteiger partial charge in [-0.2, -0.15) is 0 Å². The van der Waals surface area contributed by atoms with Gasteiger partial charge >= 0.3 is 0 Å². The van der Waals surface area contributed by atoms with Gasteiger partial charge < -0.3 is 14.6 Å². The Balaban J connectivity index is 1.81. The van der Waals surface area contributed by atoms with Crippen LogP contribution in [0.1, 0.15) is 4.88 Å². The highest BCUT2D eigenvalue weighted by Crippen LogP contribution is 2.40. The van der Waals surface area contributed by atoms with Crippen LogP contribution in [0.25, 0.3) is 10.1 Å². The van der Waals surface area contributed by atoms with E-state index >= 15 is 0 Å². The molecule has 2 aromatic carbocycles. The van der Waals surface area contributed by atoms with E-state index in [4.69, 9.17) is 4.74 Å². The molecule has 1 N–H and O–H groups in total. The summed E-state index contributed by atoms with van der Waals surface area (Å²) in [4.78, 5) is 11.6. The van der Waals surface area contributed by atoms with E-state index in [0.717, 1.165) is 25.7 Å². The van der Waals surface area contributed by atoms with E-state index in [9.17, 15) is 14.7 Å². The van der Waals surface area contributed by atoms with E-state index in [1.54, 1.807) is 32.6 Å². The number of nitrogens with zero attached hydrogens (tertiary/aromatic N) is 1. The molecule has 1 heterocycles. The first-order valence-corrected chi connectivity index (χ1v) is 12.7. The lowest BCUT2D eigenvalue weighted by molar-refractivity contribution is -0.382. The van der Waals surface area contributed by atoms with Crippen molar-refractivity contribution in [3.8, 4) is 17.6 Å². The van der Waals surface area contributed by atoms with Crippen molar-refractivity contribution in [1.82, 2.24) is 0 Å². The summed E-state index contributed by atoms with van der Waals surface area (Å²) in [5.74, 6) is 6.70. The molecule has 0 spiro atoms. The van der Waals surface area contributed by atoms with Crippen molar-refractivity contribution in [3.63, 3.8) is 0 Å². The van der Waals surface area contributed by atoms with Gasteiger partial charge in [-0.25, -0.2) is 0 Å². The summed E-state index contributed by atoms with van der Waals surface area (Å²) in [7, 11) is -0.806. The average Bonchev–Trinajstić information content (AvgIpc) is 3.00. The zero-order valence-electron chi connectivity index (χ0n) is 16.0. The topological polar surface area (TPSA) is 81.5 Å². The van der Waals surface area contributed by atoms with Crippen molar-refractivity contribution in [2.24, 2.45) is 0 Å². The predicted molar refractivity (Wildman–Crippen MR) is 124 cm³/mol. The summed E-state index contributed by atoms with van der Waals surface area (Å²) in [5, 5.41) is 15.9. The number of halogens is 1. The minimum absolute atomic E-state index is 0.0772. The number of ether oxygens (including phenoxy) is 1. The summed E-state index contributed by atoms with van der Waals surface area (Å²) in [6, 6.07) is 10.4. The van der Waals surface area contributed by atoms with Crippen LogP contribution in [0, 0.1) is 22.0 Å². The second-order valence-corrected chi connectivity index (χ2v) is 11.6. The highest BCUT2D eigenvalue weighted by Gasteiger charge is 2.18. The third-order valence-electron chi connectivity index (χ3n) is 4.21. The average molecular weight is 493 g/mol. The van der Waals surface area contributed by atoms with E-state index in [2.05, 4.69) is 33.1 Å². The molecule has 6 nitrogen and oxygen atoms in total. The summed E-state index contributed by atoms with van der Waals surface area (Å²) in [6.45, 7) is 3.79. The molecule has 150 valence electrons. The highest BCUT2D eigenvalue weighted by molar-refractivity contribution is 9.10. The van der Waals surface area contributed by atoms with Crippen molar-refractivity contribution >= 4 is 61.2 Å². The molecule has 0 aliphatic rings. The second-order valence-electron chi connectivity index (χ2n) is 6.55. The Hall–Kier alpha value is -2.33. The molecule has 9 heteroatoms. The van der Waals surface area contributed by atoms with Gasteiger partial charge in [0.25, 0.3) is 5.69 Å². The Labute approximate surface area is 180 Å². The number of non-ortho nitro benzene ring substituents is 1. The van der Waals surface area contributed by atoms with Crippen LogP contribution in [0.2, 0.25) is 0 Å². The number of methoxy groups -OCH3 is 1. The standard InChI is InChI=1S/C20H18BrN2O4PS/c1-27-17-12-13(28(2,3)26)9-10-15(17)22-11-5-8-18-19(21)14-6-4-7-16(23(24)25)20(14)29-18/h4,6-7,9-10,12,22H,11H2,1-3H3. The molecule has 0 amide bonds. The molecule has 0 saturated carbocycles. The number of nitro groups is 1. The van der Waals surface area contributed by atoms with Crippen LogP contribution >= 0.6 is 34.4 Å². The van der Waals surface area contributed by atoms with E-state index in [1.807, 2.05) is 18.2 Å². The highest BCUT2D eigenvalue weighted by atomic mass is 79.9. The third kappa shape index (κ3) is 4.64. The quantitative estimate of drug-likeness (QED) is 0.226. The third-order valence-corrected chi connectivity index (χ3v) is 7.96. The zero-order chi connectivity index (χ0) is 21.2. The molecular weight excluding hydrogens is 475 g/mol. The van der Waals surface area contributed by atoms with Gasteiger partial charge in [0, 0.05) is 16.8 Å². The maximum absolute atomic E-state index is 12.2. The molecule has 0 fully saturated rings. The van der Waals surface area contributed by atoms with E-state index in [1.165, 1.54) is 17.4 Å². The van der Waals surface area contributed by atoms with Gasteiger partial charge in [0.15, 0.2) is 0 Å². The Morgan fingerprint density at radius 2 is 2.07 bits per heavy atom. The minimum Gasteiger partial charge on any atom is -0.495 e. The molecule has 3 aromatic rings. The van der Waals surface area contributed by atoms with Crippen LogP contribution < -0.4 is 15.4 Å². The largest absolute Gasteiger partial charge is 0.495 e. The Kier molecular flexibility index (Phi) is 6.33. The fraction of sp³-hybridized carbons (Fsp3) is 0.200. The molecule has 0 aliphatic carbocycles. The molecule has 0 aliphatic heterocycles. The van der Waals surface area contributed by atoms with E-state index in [-0.39, 0.29) is 10.6 Å². The van der Waals surface area contributed by atoms with Gasteiger partial charge in [-0.3, -0.25) is 10.1 Å². The minimum atomic E-state index is -2.37. The summed E-state index contributed by atoms with van der Waals surface area (Å²) >= 11 is 4.79. The lowest BCUT2D eigenvalue weighted by Gasteiger charge is -2.13. The molecule has 0 unspecified atom stereocenters. The predicted octanol–water partition coefficient (Wildman–Crippen LogP) is 5.29. The van der Waals surface area contributed by atoms with Crippen LogP contribution in [0.5, 0.6) is 5.75 Å². The fourth-order valence-corrected chi connectivity index (χ4v) is 5.44. The van der Waals surface area contributed by atoms with Crippen molar-refractivity contribution in [1.29, 1.82) is 0 Å². The first-order valence-electron chi connectivity index (χ1n) is 8.54. The number of hydrogen-bond donors (Lipinski definition) is 1. The molecule has 0 saturated heterocycles. The number of fused-ring (bicyclic) bond motifs is 1. The zero-order valence-corrected chi connectivity index (χ0v) is 19.3. The van der Waals surface area contributed by atoms with Crippen molar-refractivity contribution < 1.29 is 14.2 Å².